The Kier molecular flexibility index (Phi) is 24.8. The second-order valence-corrected chi connectivity index (χ2v) is 66.4. The first kappa shape index (κ1) is 47.3. The van der Waals surface area contributed by atoms with Crippen molar-refractivity contribution in [2.45, 2.75) is 12.5 Å². The third-order valence-electron chi connectivity index (χ3n) is 3.51. The highest BCUT2D eigenvalue weighted by Crippen LogP contribution is 2.80. The molecule has 0 heterocycles. The lowest BCUT2D eigenvalue weighted by Gasteiger charge is -2.59. The van der Waals surface area contributed by atoms with Gasteiger partial charge in [0.2, 0.25) is 0 Å². The average molecular weight is 2800 g/mol. The number of alkyl halides is 21. The number of rotatable bonds is 9. The van der Waals surface area contributed by atoms with E-state index >= 15 is 0 Å². The standard InChI is InChI=1S/C10HI21O/c11-1(12,3(15,16)5(19,20)7(23,24)9(26,27)28)2(13,14)4(17,18)6(21,22)8(25,32)10(29,30)31/h32H. The maximum atomic E-state index is 11.9. The predicted octanol–water partition coefficient (Wildman–Crippen LogP) is 16.0. The highest BCUT2D eigenvalue weighted by Gasteiger charge is 2.79. The van der Waals surface area contributed by atoms with Crippen LogP contribution in [0.4, 0.5) is 0 Å². The van der Waals surface area contributed by atoms with Gasteiger partial charge >= 0.3 is 0 Å². The minimum absolute atomic E-state index is 0.0155. The molecule has 0 radical (unpaired) electrons. The molecule has 0 bridgehead atoms. The first-order chi connectivity index (χ1) is 13.2. The molecule has 1 N–H and O–H groups in total. The molecule has 0 spiro atoms. The van der Waals surface area contributed by atoms with E-state index in [9.17, 15) is 5.11 Å². The van der Waals surface area contributed by atoms with Crippen molar-refractivity contribution >= 4 is 474 Å². The average Bonchev–Trinajstić information content (AvgIpc) is 2.51. The smallest absolute Gasteiger partial charge is 0.173 e. The van der Waals surface area contributed by atoms with E-state index in [1.165, 1.54) is 0 Å². The predicted molar refractivity (Wildman–Crippen MR) is 324 cm³/mol. The third kappa shape index (κ3) is 9.58. The van der Waals surface area contributed by atoms with Crippen LogP contribution in [0.25, 0.3) is 0 Å². The van der Waals surface area contributed by atoms with E-state index in [1.807, 2.05) is 0 Å². The zero-order valence-electron chi connectivity index (χ0n) is 13.4. The van der Waals surface area contributed by atoms with Crippen LogP contribution < -0.4 is 0 Å². The number of halogens is 21. The molecule has 0 saturated heterocycles. The van der Waals surface area contributed by atoms with Crippen molar-refractivity contribution in [3.8, 4) is 0 Å². The Bertz CT molecular complexity index is 632. The highest BCUT2D eigenvalue weighted by atomic mass is 127. The van der Waals surface area contributed by atoms with Gasteiger partial charge in [0.1, 0.15) is 9.43 Å². The second-order valence-electron chi connectivity index (χ2n) is 5.64. The SMILES string of the molecule is OC(I)(C(I)(I)I)C(I)(I)C(I)(I)C(I)(I)C(I)(I)C(I)(I)C(I)(I)C(I)(I)C(I)(I)I. The van der Waals surface area contributed by atoms with Crippen LogP contribution in [0.3, 0.4) is 0 Å². The molecule has 1 atom stereocenters. The Morgan fingerprint density at radius 3 is 0.625 bits per heavy atom. The van der Waals surface area contributed by atoms with Gasteiger partial charge in [-0.2, -0.15) is 0 Å². The molecular formula is C10HI21O. The molecule has 0 aromatic heterocycles. The Balaban J connectivity index is 7.00. The summed E-state index contributed by atoms with van der Waals surface area (Å²) in [6, 6.07) is 0. The molecule has 0 saturated carbocycles. The maximum absolute atomic E-state index is 11.9. The van der Waals surface area contributed by atoms with Gasteiger partial charge in [0.15, 0.2) is 3.04 Å². The minimum atomic E-state index is -0.975. The van der Waals surface area contributed by atoms with Crippen molar-refractivity contribution in [1.82, 2.24) is 0 Å². The molecule has 194 valence electrons. The summed E-state index contributed by atoms with van der Waals surface area (Å²) in [5.74, 6) is 0. The van der Waals surface area contributed by atoms with E-state index in [1.54, 1.807) is 0 Å². The number of hydrogen-bond acceptors (Lipinski definition) is 1. The quantitative estimate of drug-likeness (QED) is 0.180. The summed E-state index contributed by atoms with van der Waals surface area (Å²) in [5.41, 5.74) is 0. The third-order valence-corrected chi connectivity index (χ3v) is 68.6. The molecule has 0 aromatic carbocycles. The topological polar surface area (TPSA) is 20.2 Å². The largest absolute Gasteiger partial charge is 0.374 e. The Morgan fingerprint density at radius 2 is 0.438 bits per heavy atom. The molecule has 22 heteroatoms. The van der Waals surface area contributed by atoms with Crippen molar-refractivity contribution < 1.29 is 5.11 Å². The fraction of sp³-hybridized carbons (Fsp3) is 1.00. The lowest BCUT2D eigenvalue weighted by atomic mass is 10.1. The summed E-state index contributed by atoms with van der Waals surface area (Å²) in [7, 11) is 0. The fourth-order valence-corrected chi connectivity index (χ4v) is 32.4. The highest BCUT2D eigenvalue weighted by molar-refractivity contribution is 14.3. The van der Waals surface area contributed by atoms with Crippen LogP contribution in [-0.2, 0) is 0 Å². The number of aliphatic hydroxyl groups is 1. The van der Waals surface area contributed by atoms with Crippen LogP contribution in [0.15, 0.2) is 0 Å². The van der Waals surface area contributed by atoms with Gasteiger partial charge in [-0.1, -0.05) is 452 Å². The first-order valence-corrected chi connectivity index (χ1v) is 29.1. The number of hydrogen-bond donors (Lipinski definition) is 1. The van der Waals surface area contributed by atoms with Gasteiger partial charge in [-0.05, 0) is 22.6 Å². The summed E-state index contributed by atoms with van der Waals surface area (Å²) >= 11 is 54.1. The van der Waals surface area contributed by atoms with Gasteiger partial charge in [0.05, 0.1) is 0 Å². The molecule has 0 amide bonds. The molecule has 1 unspecified atom stereocenters. The Hall–Kier alpha value is 15.3. The minimum Gasteiger partial charge on any atom is -0.374 e. The molecule has 0 aromatic rings. The van der Waals surface area contributed by atoms with Crippen LogP contribution in [-0.4, -0.2) is 17.6 Å². The zero-order valence-corrected chi connectivity index (χ0v) is 58.7. The van der Waals surface area contributed by atoms with Crippen molar-refractivity contribution in [2.75, 3.05) is 0 Å². The second kappa shape index (κ2) is 16.8. The molecule has 1 nitrogen and oxygen atoms in total. The van der Waals surface area contributed by atoms with Crippen LogP contribution >= 0.6 is 474 Å². The molecule has 32 heavy (non-hydrogen) atoms. The van der Waals surface area contributed by atoms with Crippen LogP contribution in [0.2, 0.25) is 0 Å². The molecule has 0 aliphatic carbocycles. The summed E-state index contributed by atoms with van der Waals surface area (Å²) < 4.78 is -2.96. The van der Waals surface area contributed by atoms with Crippen LogP contribution in [0.5, 0.6) is 0 Å². The van der Waals surface area contributed by atoms with E-state index in [2.05, 4.69) is 474 Å². The van der Waals surface area contributed by atoms with Gasteiger partial charge < -0.3 is 5.11 Å². The van der Waals surface area contributed by atoms with E-state index in [0.717, 1.165) is 0 Å². The molecule has 0 aliphatic rings. The van der Waals surface area contributed by atoms with Gasteiger partial charge in [-0.25, -0.2) is 0 Å². The van der Waals surface area contributed by atoms with Gasteiger partial charge in [-0.3, -0.25) is 0 Å². The van der Waals surface area contributed by atoms with Gasteiger partial charge in [0, 0.05) is 0 Å². The summed E-state index contributed by atoms with van der Waals surface area (Å²) in [6.07, 6.45) is 0. The monoisotopic (exact) mass is 2800 g/mol. The Labute approximate surface area is 475 Å². The van der Waals surface area contributed by atoms with Crippen molar-refractivity contribution in [3.05, 3.63) is 0 Å². The Morgan fingerprint density at radius 1 is 0.250 bits per heavy atom. The van der Waals surface area contributed by atoms with Crippen molar-refractivity contribution in [2.24, 2.45) is 0 Å². The van der Waals surface area contributed by atoms with Gasteiger partial charge in [-0.15, -0.1) is 0 Å². The zero-order chi connectivity index (χ0) is 27.0. The lowest BCUT2D eigenvalue weighted by molar-refractivity contribution is 0.172. The van der Waals surface area contributed by atoms with E-state index in [-0.39, 0.29) is 7.44 Å². The molecule has 0 fully saturated rings. The van der Waals surface area contributed by atoms with Gasteiger partial charge in [0.25, 0.3) is 0 Å². The van der Waals surface area contributed by atoms with Crippen LogP contribution in [0, 0.1) is 0 Å². The molecular weight excluding hydrogens is 2800 g/mol. The fourth-order valence-electron chi connectivity index (χ4n) is 1.55. The molecule has 0 rings (SSSR count). The normalized spacial score (nSPS) is 18.6. The van der Waals surface area contributed by atoms with E-state index in [0.29, 0.717) is 0 Å². The summed E-state index contributed by atoms with van der Waals surface area (Å²) in [6.45, 7) is 0. The van der Waals surface area contributed by atoms with Crippen molar-refractivity contribution in [3.63, 3.8) is 0 Å². The summed E-state index contributed by atoms with van der Waals surface area (Å²) in [5, 5.41) is 11.9. The maximum Gasteiger partial charge on any atom is 0.173 e. The van der Waals surface area contributed by atoms with E-state index in [4.69, 9.17) is 0 Å². The van der Waals surface area contributed by atoms with E-state index < -0.39 is 5.04 Å². The lowest BCUT2D eigenvalue weighted by Crippen LogP contribution is -2.70. The van der Waals surface area contributed by atoms with Crippen molar-refractivity contribution in [1.29, 1.82) is 0 Å². The summed E-state index contributed by atoms with van der Waals surface area (Å²) in [4.78, 5) is 0. The molecule has 0 aliphatic heterocycles. The first-order valence-electron chi connectivity index (χ1n) is 6.44. The van der Waals surface area contributed by atoms with Crippen LogP contribution in [0.1, 0.15) is 0 Å².